The van der Waals surface area contributed by atoms with E-state index in [0.717, 1.165) is 22.1 Å². The van der Waals surface area contributed by atoms with Crippen LogP contribution in [0, 0.1) is 0 Å². The molecular weight excluding hydrogens is 236 g/mol. The third-order valence-corrected chi connectivity index (χ3v) is 3.77. The summed E-state index contributed by atoms with van der Waals surface area (Å²) in [6.45, 7) is 4.18. The zero-order chi connectivity index (χ0) is 12.4. The Morgan fingerprint density at radius 3 is 2.82 bits per heavy atom. The molecule has 2 rings (SSSR count). The largest absolute Gasteiger partial charge is 0.508 e. The number of aryl methyl sites for hydroxylation is 1. The smallest absolute Gasteiger partial charge is 0.348 e. The highest BCUT2D eigenvalue weighted by atomic mass is 32.1. The summed E-state index contributed by atoms with van der Waals surface area (Å²) in [5.74, 6) is -0.0538. The van der Waals surface area contributed by atoms with Gasteiger partial charge in [-0.25, -0.2) is 4.79 Å². The summed E-state index contributed by atoms with van der Waals surface area (Å²) in [6.07, 6.45) is 0.777. The van der Waals surface area contributed by atoms with E-state index >= 15 is 0 Å². The monoisotopic (exact) mass is 250 g/mol. The van der Waals surface area contributed by atoms with Crippen LogP contribution in [0.5, 0.6) is 5.75 Å². The minimum atomic E-state index is -0.273. The van der Waals surface area contributed by atoms with Gasteiger partial charge < -0.3 is 9.84 Å². The van der Waals surface area contributed by atoms with Crippen LogP contribution >= 0.6 is 11.3 Å². The van der Waals surface area contributed by atoms with E-state index in [1.54, 1.807) is 19.1 Å². The number of hydrogen-bond acceptors (Lipinski definition) is 4. The van der Waals surface area contributed by atoms with Crippen molar-refractivity contribution < 1.29 is 14.6 Å². The van der Waals surface area contributed by atoms with Gasteiger partial charge in [0, 0.05) is 4.70 Å². The topological polar surface area (TPSA) is 46.5 Å². The lowest BCUT2D eigenvalue weighted by molar-refractivity contribution is 0.0531. The third kappa shape index (κ3) is 2.13. The molecule has 0 unspecified atom stereocenters. The number of benzene rings is 1. The maximum Gasteiger partial charge on any atom is 0.348 e. The minimum Gasteiger partial charge on any atom is -0.508 e. The van der Waals surface area contributed by atoms with Crippen molar-refractivity contribution >= 4 is 27.4 Å². The lowest BCUT2D eigenvalue weighted by atomic mass is 10.1. The molecule has 0 aliphatic heterocycles. The molecule has 0 aliphatic carbocycles. The van der Waals surface area contributed by atoms with Crippen molar-refractivity contribution in [3.8, 4) is 5.75 Å². The Morgan fingerprint density at radius 1 is 1.41 bits per heavy atom. The van der Waals surface area contributed by atoms with Crippen LogP contribution in [0.4, 0.5) is 0 Å². The van der Waals surface area contributed by atoms with Crippen LogP contribution in [0.2, 0.25) is 0 Å². The van der Waals surface area contributed by atoms with E-state index in [2.05, 4.69) is 0 Å². The molecule has 0 saturated heterocycles. The van der Waals surface area contributed by atoms with Crippen LogP contribution in [-0.4, -0.2) is 17.7 Å². The number of carbonyl (C=O) groups is 1. The van der Waals surface area contributed by atoms with Crippen LogP contribution in [0.25, 0.3) is 10.1 Å². The highest BCUT2D eigenvalue weighted by Gasteiger charge is 2.18. The third-order valence-electron chi connectivity index (χ3n) is 2.59. The molecule has 2 aromatic rings. The van der Waals surface area contributed by atoms with Crippen LogP contribution in [0.3, 0.4) is 0 Å². The molecule has 0 saturated carbocycles. The second-order valence-electron chi connectivity index (χ2n) is 3.66. The molecule has 1 aromatic heterocycles. The molecule has 1 aromatic carbocycles. The van der Waals surface area contributed by atoms with Gasteiger partial charge in [0.2, 0.25) is 0 Å². The van der Waals surface area contributed by atoms with Crippen LogP contribution in [0.1, 0.15) is 29.1 Å². The first-order chi connectivity index (χ1) is 8.17. The first-order valence-electron chi connectivity index (χ1n) is 5.58. The summed E-state index contributed by atoms with van der Waals surface area (Å²) >= 11 is 1.38. The molecule has 0 bridgehead atoms. The number of aromatic hydroxyl groups is 1. The van der Waals surface area contributed by atoms with E-state index in [9.17, 15) is 9.90 Å². The predicted octanol–water partition coefficient (Wildman–Crippen LogP) is 3.35. The molecule has 0 amide bonds. The van der Waals surface area contributed by atoms with Crippen molar-refractivity contribution in [2.24, 2.45) is 0 Å². The number of hydrogen-bond donors (Lipinski definition) is 1. The fourth-order valence-electron chi connectivity index (χ4n) is 1.85. The van der Waals surface area contributed by atoms with E-state index in [1.807, 2.05) is 13.0 Å². The number of rotatable bonds is 3. The quantitative estimate of drug-likeness (QED) is 0.850. The molecule has 1 N–H and O–H groups in total. The van der Waals surface area contributed by atoms with Crippen molar-refractivity contribution in [3.63, 3.8) is 0 Å². The average molecular weight is 250 g/mol. The second-order valence-corrected chi connectivity index (χ2v) is 4.72. The Balaban J connectivity index is 2.59. The van der Waals surface area contributed by atoms with E-state index < -0.39 is 0 Å². The van der Waals surface area contributed by atoms with E-state index in [1.165, 1.54) is 11.3 Å². The van der Waals surface area contributed by atoms with Crippen molar-refractivity contribution in [1.82, 2.24) is 0 Å². The fraction of sp³-hybridized carbons (Fsp3) is 0.308. The highest BCUT2D eigenvalue weighted by Crippen LogP contribution is 2.34. The van der Waals surface area contributed by atoms with Gasteiger partial charge in [-0.15, -0.1) is 11.3 Å². The Kier molecular flexibility index (Phi) is 3.33. The number of esters is 1. The van der Waals surface area contributed by atoms with Gasteiger partial charge in [0.05, 0.1) is 6.61 Å². The lowest BCUT2D eigenvalue weighted by Crippen LogP contribution is -2.04. The minimum absolute atomic E-state index is 0.219. The number of carbonyl (C=O) groups excluding carboxylic acids is 1. The maximum absolute atomic E-state index is 11.8. The maximum atomic E-state index is 11.8. The van der Waals surface area contributed by atoms with E-state index in [-0.39, 0.29) is 11.7 Å². The molecule has 0 spiro atoms. The normalized spacial score (nSPS) is 10.7. The van der Waals surface area contributed by atoms with Crippen molar-refractivity contribution in [3.05, 3.63) is 28.6 Å². The van der Waals surface area contributed by atoms with Gasteiger partial charge in [0.1, 0.15) is 10.6 Å². The zero-order valence-corrected chi connectivity index (χ0v) is 10.6. The Hall–Kier alpha value is -1.55. The average Bonchev–Trinajstić information content (AvgIpc) is 2.66. The van der Waals surface area contributed by atoms with Crippen molar-refractivity contribution in [2.75, 3.05) is 6.61 Å². The molecule has 0 atom stereocenters. The van der Waals surface area contributed by atoms with E-state index in [0.29, 0.717) is 11.5 Å². The molecule has 4 heteroatoms. The summed E-state index contributed by atoms with van der Waals surface area (Å²) < 4.78 is 5.96. The predicted molar refractivity (Wildman–Crippen MR) is 68.8 cm³/mol. The van der Waals surface area contributed by atoms with Gasteiger partial charge in [0.25, 0.3) is 0 Å². The molecule has 0 radical (unpaired) electrons. The van der Waals surface area contributed by atoms with Crippen molar-refractivity contribution in [2.45, 2.75) is 20.3 Å². The van der Waals surface area contributed by atoms with Crippen molar-refractivity contribution in [1.29, 1.82) is 0 Å². The molecule has 1 heterocycles. The highest BCUT2D eigenvalue weighted by molar-refractivity contribution is 7.21. The Morgan fingerprint density at radius 2 is 2.18 bits per heavy atom. The Labute approximate surface area is 104 Å². The van der Waals surface area contributed by atoms with Gasteiger partial charge >= 0.3 is 5.97 Å². The first kappa shape index (κ1) is 11.9. The van der Waals surface area contributed by atoms with Gasteiger partial charge in [-0.2, -0.15) is 0 Å². The van der Waals surface area contributed by atoms with Gasteiger partial charge in [-0.1, -0.05) is 6.92 Å². The number of thiophene rings is 1. The van der Waals surface area contributed by atoms with E-state index in [4.69, 9.17) is 4.74 Å². The van der Waals surface area contributed by atoms with Crippen LogP contribution < -0.4 is 0 Å². The molecule has 0 aliphatic rings. The Bertz CT molecular complexity index is 557. The lowest BCUT2D eigenvalue weighted by Gasteiger charge is -2.01. The van der Waals surface area contributed by atoms with Crippen LogP contribution in [-0.2, 0) is 11.2 Å². The molecule has 90 valence electrons. The molecular formula is C13H14O3S. The van der Waals surface area contributed by atoms with Gasteiger partial charge in [0.15, 0.2) is 0 Å². The number of fused-ring (bicyclic) bond motifs is 1. The summed E-state index contributed by atoms with van der Waals surface area (Å²) in [5.41, 5.74) is 1.00. The molecule has 3 nitrogen and oxygen atoms in total. The SMILES string of the molecule is CCOC(=O)c1sc2cc(O)ccc2c1CC. The summed E-state index contributed by atoms with van der Waals surface area (Å²) in [7, 11) is 0. The first-order valence-corrected chi connectivity index (χ1v) is 6.40. The summed E-state index contributed by atoms with van der Waals surface area (Å²) in [5, 5.41) is 10.5. The number of phenolic OH excluding ortho intramolecular Hbond substituents is 1. The second kappa shape index (κ2) is 4.75. The number of ether oxygens (including phenoxy) is 1. The van der Waals surface area contributed by atoms with Gasteiger partial charge in [-0.05, 0) is 42.5 Å². The molecule has 0 fully saturated rings. The summed E-state index contributed by atoms with van der Waals surface area (Å²) in [4.78, 5) is 12.5. The van der Waals surface area contributed by atoms with Gasteiger partial charge in [-0.3, -0.25) is 0 Å². The standard InChI is InChI=1S/C13H14O3S/c1-3-9-10-6-5-8(14)7-11(10)17-12(9)13(15)16-4-2/h5-7,14H,3-4H2,1-2H3. The fourth-order valence-corrected chi connectivity index (χ4v) is 3.07. The number of phenols is 1. The summed E-state index contributed by atoms with van der Waals surface area (Å²) in [6, 6.07) is 5.17. The zero-order valence-electron chi connectivity index (χ0n) is 9.82. The van der Waals surface area contributed by atoms with Crippen LogP contribution in [0.15, 0.2) is 18.2 Å². The molecule has 17 heavy (non-hydrogen) atoms.